The largest absolute Gasteiger partial charge is 0.466 e. The van der Waals surface area contributed by atoms with Crippen LogP contribution in [0.4, 0.5) is 5.69 Å². The van der Waals surface area contributed by atoms with Crippen molar-refractivity contribution in [2.24, 2.45) is 5.92 Å². The Balaban J connectivity index is 1.85. The standard InChI is InChI=1S/C21H29N3O5/c1-4-29-21(28)17-6-5-11-24(13-17)20(27)14-23(3)19(26)12-16-7-9-18(10-8-16)22-15(2)25/h7-10,17H,4-6,11-14H2,1-3H3,(H,22,25). The Morgan fingerprint density at radius 3 is 2.52 bits per heavy atom. The molecule has 1 aromatic carbocycles. The molecule has 0 saturated carbocycles. The van der Waals surface area contributed by atoms with E-state index in [2.05, 4.69) is 5.32 Å². The SMILES string of the molecule is CCOC(=O)C1CCCN(C(=O)CN(C)C(=O)Cc2ccc(NC(C)=O)cc2)C1. The van der Waals surface area contributed by atoms with E-state index in [4.69, 9.17) is 4.74 Å². The molecule has 0 spiro atoms. The molecule has 1 fully saturated rings. The zero-order valence-electron chi connectivity index (χ0n) is 17.3. The maximum Gasteiger partial charge on any atom is 0.310 e. The first-order valence-corrected chi connectivity index (χ1v) is 9.85. The maximum atomic E-state index is 12.6. The number of esters is 1. The van der Waals surface area contributed by atoms with Crippen molar-refractivity contribution in [1.29, 1.82) is 0 Å². The van der Waals surface area contributed by atoms with Crippen molar-refractivity contribution in [2.45, 2.75) is 33.1 Å². The molecule has 1 saturated heterocycles. The molecule has 2 rings (SSSR count). The van der Waals surface area contributed by atoms with Gasteiger partial charge in [0.2, 0.25) is 17.7 Å². The van der Waals surface area contributed by atoms with Gasteiger partial charge in [-0.1, -0.05) is 12.1 Å². The van der Waals surface area contributed by atoms with Crippen molar-refractivity contribution in [3.8, 4) is 0 Å². The number of carbonyl (C=O) groups is 4. The molecule has 1 unspecified atom stereocenters. The topological polar surface area (TPSA) is 96.0 Å². The minimum atomic E-state index is -0.296. The lowest BCUT2D eigenvalue weighted by molar-refractivity contribution is -0.152. The Morgan fingerprint density at radius 1 is 1.21 bits per heavy atom. The van der Waals surface area contributed by atoms with Gasteiger partial charge in [-0.2, -0.15) is 0 Å². The summed E-state index contributed by atoms with van der Waals surface area (Å²) in [5.41, 5.74) is 1.46. The molecule has 8 heteroatoms. The molecule has 1 aliphatic rings. The van der Waals surface area contributed by atoms with Crippen LogP contribution >= 0.6 is 0 Å². The molecular weight excluding hydrogens is 374 g/mol. The highest BCUT2D eigenvalue weighted by atomic mass is 16.5. The summed E-state index contributed by atoms with van der Waals surface area (Å²) in [4.78, 5) is 51.1. The van der Waals surface area contributed by atoms with Gasteiger partial charge in [-0.3, -0.25) is 19.2 Å². The summed E-state index contributed by atoms with van der Waals surface area (Å²) in [7, 11) is 1.60. The van der Waals surface area contributed by atoms with Gasteiger partial charge in [-0.25, -0.2) is 0 Å². The molecule has 29 heavy (non-hydrogen) atoms. The maximum absolute atomic E-state index is 12.6. The highest BCUT2D eigenvalue weighted by Gasteiger charge is 2.30. The summed E-state index contributed by atoms with van der Waals surface area (Å²) >= 11 is 0. The number of carbonyl (C=O) groups excluding carboxylic acids is 4. The first-order valence-electron chi connectivity index (χ1n) is 9.85. The number of benzene rings is 1. The first-order chi connectivity index (χ1) is 13.8. The van der Waals surface area contributed by atoms with Crippen LogP contribution in [0.15, 0.2) is 24.3 Å². The van der Waals surface area contributed by atoms with Crippen LogP contribution in [0.2, 0.25) is 0 Å². The number of nitrogens with zero attached hydrogens (tertiary/aromatic N) is 2. The average molecular weight is 403 g/mol. The molecular formula is C21H29N3O5. The van der Waals surface area contributed by atoms with Crippen molar-refractivity contribution in [3.63, 3.8) is 0 Å². The van der Waals surface area contributed by atoms with Crippen LogP contribution in [0.3, 0.4) is 0 Å². The highest BCUT2D eigenvalue weighted by molar-refractivity contribution is 5.89. The molecule has 0 aromatic heterocycles. The van der Waals surface area contributed by atoms with E-state index in [1.54, 1.807) is 43.1 Å². The third-order valence-corrected chi connectivity index (χ3v) is 4.82. The van der Waals surface area contributed by atoms with Gasteiger partial charge in [-0.05, 0) is 37.5 Å². The van der Waals surface area contributed by atoms with Crippen LogP contribution < -0.4 is 5.32 Å². The van der Waals surface area contributed by atoms with Crippen molar-refractivity contribution in [3.05, 3.63) is 29.8 Å². The molecule has 1 heterocycles. The fourth-order valence-electron chi connectivity index (χ4n) is 3.27. The van der Waals surface area contributed by atoms with E-state index >= 15 is 0 Å². The fraction of sp³-hybridized carbons (Fsp3) is 0.524. The van der Waals surface area contributed by atoms with Gasteiger partial charge in [0, 0.05) is 32.7 Å². The van der Waals surface area contributed by atoms with Gasteiger partial charge in [0.05, 0.1) is 25.5 Å². The summed E-state index contributed by atoms with van der Waals surface area (Å²) in [6.07, 6.45) is 1.62. The second-order valence-electron chi connectivity index (χ2n) is 7.24. The first kappa shape index (κ1) is 22.4. The third-order valence-electron chi connectivity index (χ3n) is 4.82. The van der Waals surface area contributed by atoms with Gasteiger partial charge in [-0.15, -0.1) is 0 Å². The Bertz CT molecular complexity index is 747. The number of amides is 3. The summed E-state index contributed by atoms with van der Waals surface area (Å²) in [5.74, 6) is -1.07. The molecule has 0 bridgehead atoms. The van der Waals surface area contributed by atoms with Crippen LogP contribution in [-0.4, -0.2) is 66.8 Å². The quantitative estimate of drug-likeness (QED) is 0.695. The van der Waals surface area contributed by atoms with Gasteiger partial charge in [0.1, 0.15) is 0 Å². The predicted octanol–water partition coefficient (Wildman–Crippen LogP) is 1.45. The Kier molecular flexibility index (Phi) is 8.18. The number of rotatable bonds is 7. The number of hydrogen-bond acceptors (Lipinski definition) is 5. The number of likely N-dealkylation sites (N-methyl/N-ethyl adjacent to an activating group) is 1. The number of likely N-dealkylation sites (tertiary alicyclic amines) is 1. The molecule has 1 atom stereocenters. The van der Waals surface area contributed by atoms with Gasteiger partial charge in [0.25, 0.3) is 0 Å². The number of hydrogen-bond donors (Lipinski definition) is 1. The minimum Gasteiger partial charge on any atom is -0.466 e. The van der Waals surface area contributed by atoms with E-state index in [0.29, 0.717) is 31.8 Å². The minimum absolute atomic E-state index is 0.0294. The summed E-state index contributed by atoms with van der Waals surface area (Å²) in [6, 6.07) is 7.01. The van der Waals surface area contributed by atoms with Crippen molar-refractivity contribution < 1.29 is 23.9 Å². The Labute approximate surface area is 171 Å². The summed E-state index contributed by atoms with van der Waals surface area (Å²) in [6.45, 7) is 4.41. The lowest BCUT2D eigenvalue weighted by Crippen LogP contribution is -2.47. The van der Waals surface area contributed by atoms with E-state index in [1.165, 1.54) is 11.8 Å². The van der Waals surface area contributed by atoms with E-state index in [0.717, 1.165) is 12.0 Å². The lowest BCUT2D eigenvalue weighted by atomic mass is 9.98. The molecule has 1 aliphatic heterocycles. The van der Waals surface area contributed by atoms with E-state index in [1.807, 2.05) is 0 Å². The number of anilines is 1. The van der Waals surface area contributed by atoms with Crippen LogP contribution in [0, 0.1) is 5.92 Å². The average Bonchev–Trinajstić information content (AvgIpc) is 2.69. The lowest BCUT2D eigenvalue weighted by Gasteiger charge is -2.32. The molecule has 0 aliphatic carbocycles. The van der Waals surface area contributed by atoms with Gasteiger partial charge >= 0.3 is 5.97 Å². The molecule has 158 valence electrons. The third kappa shape index (κ3) is 6.89. The number of nitrogens with one attached hydrogen (secondary N) is 1. The molecule has 1 aromatic rings. The van der Waals surface area contributed by atoms with Crippen LogP contribution in [-0.2, 0) is 30.3 Å². The normalized spacial score (nSPS) is 16.1. The molecule has 1 N–H and O–H groups in total. The molecule has 0 radical (unpaired) electrons. The van der Waals surface area contributed by atoms with Crippen molar-refractivity contribution >= 4 is 29.4 Å². The van der Waals surface area contributed by atoms with Crippen LogP contribution in [0.1, 0.15) is 32.3 Å². The number of piperidine rings is 1. The number of ether oxygens (including phenoxy) is 1. The van der Waals surface area contributed by atoms with Crippen molar-refractivity contribution in [1.82, 2.24) is 9.80 Å². The molecule has 8 nitrogen and oxygen atoms in total. The Morgan fingerprint density at radius 2 is 1.90 bits per heavy atom. The fourth-order valence-corrected chi connectivity index (χ4v) is 3.27. The van der Waals surface area contributed by atoms with Gasteiger partial charge in [0.15, 0.2) is 0 Å². The zero-order chi connectivity index (χ0) is 21.4. The predicted molar refractivity (Wildman–Crippen MR) is 108 cm³/mol. The van der Waals surface area contributed by atoms with E-state index < -0.39 is 0 Å². The zero-order valence-corrected chi connectivity index (χ0v) is 17.3. The second-order valence-corrected chi connectivity index (χ2v) is 7.24. The van der Waals surface area contributed by atoms with Crippen molar-refractivity contribution in [2.75, 3.05) is 38.6 Å². The van der Waals surface area contributed by atoms with E-state index in [-0.39, 0.29) is 42.6 Å². The smallest absolute Gasteiger partial charge is 0.310 e. The molecule has 3 amide bonds. The van der Waals surface area contributed by atoms with Gasteiger partial charge < -0.3 is 19.9 Å². The van der Waals surface area contributed by atoms with Crippen LogP contribution in [0.25, 0.3) is 0 Å². The monoisotopic (exact) mass is 403 g/mol. The van der Waals surface area contributed by atoms with Crippen LogP contribution in [0.5, 0.6) is 0 Å². The van der Waals surface area contributed by atoms with E-state index in [9.17, 15) is 19.2 Å². The highest BCUT2D eigenvalue weighted by Crippen LogP contribution is 2.18. The summed E-state index contributed by atoms with van der Waals surface area (Å²) in [5, 5.41) is 2.67. The second kappa shape index (κ2) is 10.6. The summed E-state index contributed by atoms with van der Waals surface area (Å²) < 4.78 is 5.06. The Hall–Kier alpha value is -2.90.